The highest BCUT2D eigenvalue weighted by atomic mass is 32.2. The molecule has 1 aromatic rings. The Balaban J connectivity index is 2.06. The second-order valence-corrected chi connectivity index (χ2v) is 7.02. The van der Waals surface area contributed by atoms with Crippen LogP contribution >= 0.6 is 0 Å². The zero-order chi connectivity index (χ0) is 13.2. The van der Waals surface area contributed by atoms with Crippen molar-refractivity contribution in [2.75, 3.05) is 11.5 Å². The van der Waals surface area contributed by atoms with Gasteiger partial charge in [0.25, 0.3) is 0 Å². The molecule has 1 aliphatic rings. The maximum Gasteiger partial charge on any atom is 0.150 e. The van der Waals surface area contributed by atoms with Gasteiger partial charge in [-0.05, 0) is 25.7 Å². The lowest BCUT2D eigenvalue weighted by Crippen LogP contribution is -2.32. The number of aromatic nitrogens is 2. The maximum absolute atomic E-state index is 11.4. The highest BCUT2D eigenvalue weighted by Crippen LogP contribution is 2.27. The minimum atomic E-state index is -2.83. The molecule has 0 spiro atoms. The van der Waals surface area contributed by atoms with Gasteiger partial charge in [0.1, 0.15) is 5.82 Å². The Bertz CT molecular complexity index is 497. The van der Waals surface area contributed by atoms with Gasteiger partial charge in [0.15, 0.2) is 9.84 Å². The maximum atomic E-state index is 11.4. The summed E-state index contributed by atoms with van der Waals surface area (Å²) in [5, 5.41) is 0. The van der Waals surface area contributed by atoms with Crippen LogP contribution in [-0.2, 0) is 16.4 Å². The lowest BCUT2D eigenvalue weighted by atomic mass is 9.99. The van der Waals surface area contributed by atoms with E-state index in [1.807, 2.05) is 17.7 Å². The Hall–Kier alpha value is -0.920. The molecule has 6 nitrogen and oxygen atoms in total. The number of hydrazine groups is 1. The van der Waals surface area contributed by atoms with Crippen molar-refractivity contribution < 1.29 is 8.42 Å². The third kappa shape index (κ3) is 2.90. The van der Waals surface area contributed by atoms with Crippen molar-refractivity contribution in [3.8, 4) is 0 Å². The van der Waals surface area contributed by atoms with Crippen LogP contribution in [0.1, 0.15) is 31.6 Å². The molecule has 0 bridgehead atoms. The van der Waals surface area contributed by atoms with Gasteiger partial charge in [-0.25, -0.2) is 18.8 Å². The molecule has 18 heavy (non-hydrogen) atoms. The van der Waals surface area contributed by atoms with Crippen LogP contribution in [0.15, 0.2) is 12.4 Å². The van der Waals surface area contributed by atoms with Crippen LogP contribution in [0.5, 0.6) is 0 Å². The summed E-state index contributed by atoms with van der Waals surface area (Å²) in [6.07, 6.45) is 5.10. The van der Waals surface area contributed by atoms with Crippen molar-refractivity contribution in [1.29, 1.82) is 0 Å². The van der Waals surface area contributed by atoms with Crippen LogP contribution < -0.4 is 11.3 Å². The first-order valence-electron chi connectivity index (χ1n) is 6.23. The molecule has 0 radical (unpaired) electrons. The van der Waals surface area contributed by atoms with E-state index >= 15 is 0 Å². The highest BCUT2D eigenvalue weighted by Gasteiger charge is 2.30. The first-order valence-corrected chi connectivity index (χ1v) is 8.05. The van der Waals surface area contributed by atoms with Crippen LogP contribution in [0.25, 0.3) is 0 Å². The van der Waals surface area contributed by atoms with Gasteiger partial charge in [0, 0.05) is 18.9 Å². The van der Waals surface area contributed by atoms with Crippen LogP contribution in [0.2, 0.25) is 0 Å². The molecule has 102 valence electrons. The summed E-state index contributed by atoms with van der Waals surface area (Å²) in [5.41, 5.74) is 2.76. The molecule has 2 unspecified atom stereocenters. The molecule has 3 N–H and O–H groups in total. The van der Waals surface area contributed by atoms with E-state index < -0.39 is 9.84 Å². The summed E-state index contributed by atoms with van der Waals surface area (Å²) in [4.78, 5) is 4.31. The molecule has 2 heterocycles. The van der Waals surface area contributed by atoms with E-state index in [1.54, 1.807) is 6.20 Å². The summed E-state index contributed by atoms with van der Waals surface area (Å²) in [5.74, 6) is 7.22. The Morgan fingerprint density at radius 3 is 3.00 bits per heavy atom. The van der Waals surface area contributed by atoms with Gasteiger partial charge in [-0.1, -0.05) is 0 Å². The van der Waals surface area contributed by atoms with E-state index in [9.17, 15) is 8.42 Å². The molecule has 0 aliphatic carbocycles. The number of hydrogen-bond acceptors (Lipinski definition) is 5. The molecule has 1 fully saturated rings. The summed E-state index contributed by atoms with van der Waals surface area (Å²) < 4.78 is 24.9. The summed E-state index contributed by atoms with van der Waals surface area (Å²) in [7, 11) is -2.83. The molecular formula is C11H20N4O2S. The first-order chi connectivity index (χ1) is 8.55. The van der Waals surface area contributed by atoms with Gasteiger partial charge < -0.3 is 4.57 Å². The van der Waals surface area contributed by atoms with Crippen molar-refractivity contribution >= 4 is 9.84 Å². The predicted molar refractivity (Wildman–Crippen MR) is 69.3 cm³/mol. The molecule has 7 heteroatoms. The molecule has 2 atom stereocenters. The normalized spacial score (nSPS) is 24.2. The molecule has 2 rings (SSSR count). The Morgan fingerprint density at radius 2 is 2.44 bits per heavy atom. The predicted octanol–water partition coefficient (Wildman–Crippen LogP) is 0.232. The smallest absolute Gasteiger partial charge is 0.150 e. The number of sulfone groups is 1. The van der Waals surface area contributed by atoms with Crippen molar-refractivity contribution in [2.45, 2.75) is 32.4 Å². The van der Waals surface area contributed by atoms with Gasteiger partial charge in [-0.15, -0.1) is 0 Å². The molecular weight excluding hydrogens is 252 g/mol. The second-order valence-electron chi connectivity index (χ2n) is 4.80. The molecule has 0 saturated carbocycles. The van der Waals surface area contributed by atoms with E-state index in [-0.39, 0.29) is 17.7 Å². The number of aryl methyl sites for hydroxylation is 1. The zero-order valence-corrected chi connectivity index (χ0v) is 11.4. The lowest BCUT2D eigenvalue weighted by molar-refractivity contribution is 0.396. The Labute approximate surface area is 107 Å². The monoisotopic (exact) mass is 272 g/mol. The number of hydrogen-bond donors (Lipinski definition) is 2. The van der Waals surface area contributed by atoms with Gasteiger partial charge in [-0.2, -0.15) is 0 Å². The van der Waals surface area contributed by atoms with Gasteiger partial charge in [-0.3, -0.25) is 5.84 Å². The standard InChI is InChI=1S/C11H20N4O2S/c1-2-15-5-4-13-11(15)10(14-12)7-9-3-6-18(16,17)8-9/h4-5,9-10,14H,2-3,6-8,12H2,1H3. The van der Waals surface area contributed by atoms with E-state index in [0.29, 0.717) is 12.2 Å². The van der Waals surface area contributed by atoms with Crippen LogP contribution in [0.4, 0.5) is 0 Å². The first kappa shape index (κ1) is 13.5. The van der Waals surface area contributed by atoms with Crippen LogP contribution in [0.3, 0.4) is 0 Å². The summed E-state index contributed by atoms with van der Waals surface area (Å²) in [6.45, 7) is 2.87. The average Bonchev–Trinajstić information content (AvgIpc) is 2.92. The number of rotatable bonds is 5. The van der Waals surface area contributed by atoms with Crippen molar-refractivity contribution in [2.24, 2.45) is 11.8 Å². The van der Waals surface area contributed by atoms with Crippen molar-refractivity contribution in [3.63, 3.8) is 0 Å². The Morgan fingerprint density at radius 1 is 1.67 bits per heavy atom. The van der Waals surface area contributed by atoms with Crippen molar-refractivity contribution in [3.05, 3.63) is 18.2 Å². The molecule has 1 aliphatic heterocycles. The molecule has 1 saturated heterocycles. The Kier molecular flexibility index (Phi) is 4.04. The fraction of sp³-hybridized carbons (Fsp3) is 0.727. The number of imidazole rings is 1. The van der Waals surface area contributed by atoms with Crippen LogP contribution in [-0.4, -0.2) is 29.5 Å². The fourth-order valence-corrected chi connectivity index (χ4v) is 4.42. The minimum absolute atomic E-state index is 0.0850. The van der Waals surface area contributed by atoms with E-state index in [1.165, 1.54) is 0 Å². The van der Waals surface area contributed by atoms with Crippen molar-refractivity contribution in [1.82, 2.24) is 15.0 Å². The van der Waals surface area contributed by atoms with Gasteiger partial charge in [0.2, 0.25) is 0 Å². The SMILES string of the molecule is CCn1ccnc1C(CC1CCS(=O)(=O)C1)NN. The molecule has 1 aromatic heterocycles. The molecule has 0 aromatic carbocycles. The van der Waals surface area contributed by atoms with E-state index in [2.05, 4.69) is 10.4 Å². The number of nitrogens with zero attached hydrogens (tertiary/aromatic N) is 2. The third-order valence-corrected chi connectivity index (χ3v) is 5.33. The quantitative estimate of drug-likeness (QED) is 0.591. The second kappa shape index (κ2) is 5.38. The van der Waals surface area contributed by atoms with Gasteiger partial charge >= 0.3 is 0 Å². The summed E-state index contributed by atoms with van der Waals surface area (Å²) in [6, 6.07) is -0.0850. The molecule has 0 amide bonds. The fourth-order valence-electron chi connectivity index (χ4n) is 2.54. The van der Waals surface area contributed by atoms with Gasteiger partial charge in [0.05, 0.1) is 17.5 Å². The lowest BCUT2D eigenvalue weighted by Gasteiger charge is -2.19. The zero-order valence-electron chi connectivity index (χ0n) is 10.5. The summed E-state index contributed by atoms with van der Waals surface area (Å²) >= 11 is 0. The number of nitrogens with two attached hydrogens (primary N) is 1. The van der Waals surface area contributed by atoms with E-state index in [4.69, 9.17) is 5.84 Å². The number of nitrogens with one attached hydrogen (secondary N) is 1. The minimum Gasteiger partial charge on any atom is -0.334 e. The average molecular weight is 272 g/mol. The third-order valence-electron chi connectivity index (χ3n) is 3.50. The topological polar surface area (TPSA) is 90.0 Å². The van der Waals surface area contributed by atoms with Crippen LogP contribution in [0, 0.1) is 5.92 Å². The van der Waals surface area contributed by atoms with E-state index in [0.717, 1.165) is 18.8 Å². The highest BCUT2D eigenvalue weighted by molar-refractivity contribution is 7.91. The largest absolute Gasteiger partial charge is 0.334 e.